The van der Waals surface area contributed by atoms with E-state index in [-0.39, 0.29) is 17.6 Å². The van der Waals surface area contributed by atoms with Crippen molar-refractivity contribution in [2.45, 2.75) is 91.4 Å². The molecule has 2 heterocycles. The lowest BCUT2D eigenvalue weighted by molar-refractivity contribution is -0.185. The summed E-state index contributed by atoms with van der Waals surface area (Å²) in [6.07, 6.45) is -1.83. The van der Waals surface area contributed by atoms with Gasteiger partial charge in [-0.2, -0.15) is 0 Å². The van der Waals surface area contributed by atoms with Gasteiger partial charge in [-0.25, -0.2) is 8.78 Å². The molecule has 0 aromatic carbocycles. The van der Waals surface area contributed by atoms with Crippen LogP contribution in [-0.2, 0) is 4.74 Å². The third-order valence-electron chi connectivity index (χ3n) is 3.98. The molecule has 24 heavy (non-hydrogen) atoms. The van der Waals surface area contributed by atoms with Gasteiger partial charge in [-0.1, -0.05) is 13.8 Å². The highest BCUT2D eigenvalue weighted by molar-refractivity contribution is 4.90. The monoisotopic (exact) mass is 350 g/mol. The molecule has 0 bridgehead atoms. The van der Waals surface area contributed by atoms with Gasteiger partial charge in [0, 0.05) is 38.6 Å². The molecule has 0 N–H and O–H groups in total. The molecule has 2 atom stereocenters. The van der Waals surface area contributed by atoms with Crippen molar-refractivity contribution < 1.29 is 13.5 Å². The van der Waals surface area contributed by atoms with Crippen molar-refractivity contribution in [2.24, 2.45) is 0 Å². The van der Waals surface area contributed by atoms with Crippen molar-refractivity contribution in [3.8, 4) is 0 Å². The molecule has 2 fully saturated rings. The molecule has 0 aliphatic carbocycles. The Morgan fingerprint density at radius 1 is 0.917 bits per heavy atom. The van der Waals surface area contributed by atoms with Crippen molar-refractivity contribution in [3.63, 3.8) is 0 Å². The molecular weight excluding hydrogens is 310 g/mol. The largest absolute Gasteiger partial charge is 0.367 e. The van der Waals surface area contributed by atoms with Gasteiger partial charge in [0.2, 0.25) is 0 Å². The van der Waals surface area contributed by atoms with Crippen LogP contribution in [0.15, 0.2) is 0 Å². The van der Waals surface area contributed by atoms with E-state index in [2.05, 4.69) is 46.4 Å². The maximum absolute atomic E-state index is 12.4. The number of hydrogen-bond acceptors (Lipinski definition) is 3. The zero-order valence-electron chi connectivity index (χ0n) is 17.3. The van der Waals surface area contributed by atoms with Crippen LogP contribution in [0.25, 0.3) is 0 Å². The second-order valence-electron chi connectivity index (χ2n) is 8.27. The quantitative estimate of drug-likeness (QED) is 0.701. The van der Waals surface area contributed by atoms with Gasteiger partial charge in [-0.15, -0.1) is 0 Å². The summed E-state index contributed by atoms with van der Waals surface area (Å²) in [6, 6.07) is 0.613. The molecule has 146 valence electrons. The first-order valence-corrected chi connectivity index (χ1v) is 9.31. The number of rotatable bonds is 1. The van der Waals surface area contributed by atoms with Gasteiger partial charge in [0.25, 0.3) is 0 Å². The van der Waals surface area contributed by atoms with Crippen molar-refractivity contribution in [1.82, 2.24) is 9.80 Å². The minimum absolute atomic E-state index is 0.00792. The van der Waals surface area contributed by atoms with E-state index in [1.54, 1.807) is 11.9 Å². The van der Waals surface area contributed by atoms with E-state index in [1.807, 2.05) is 13.8 Å². The normalized spacial score (nSPS) is 30.0. The maximum atomic E-state index is 12.4. The Kier molecular flexibility index (Phi) is 9.92. The molecular formula is C19H40F2N2O. The minimum atomic E-state index is -0.959. The van der Waals surface area contributed by atoms with Crippen LogP contribution in [0.2, 0.25) is 0 Å². The van der Waals surface area contributed by atoms with Gasteiger partial charge < -0.3 is 9.64 Å². The molecule has 2 aliphatic heterocycles. The zero-order chi connectivity index (χ0) is 19.1. The predicted molar refractivity (Wildman–Crippen MR) is 99.2 cm³/mol. The van der Waals surface area contributed by atoms with E-state index in [0.29, 0.717) is 19.1 Å². The van der Waals surface area contributed by atoms with Crippen LogP contribution in [-0.4, -0.2) is 72.6 Å². The Morgan fingerprint density at radius 3 is 1.58 bits per heavy atom. The second-order valence-corrected chi connectivity index (χ2v) is 8.27. The summed E-state index contributed by atoms with van der Waals surface area (Å²) in [6.45, 7) is 20.0. The van der Waals surface area contributed by atoms with Crippen molar-refractivity contribution in [2.75, 3.05) is 33.2 Å². The fourth-order valence-corrected chi connectivity index (χ4v) is 3.39. The third kappa shape index (κ3) is 9.28. The Morgan fingerprint density at radius 2 is 1.29 bits per heavy atom. The number of alkyl halides is 2. The van der Waals surface area contributed by atoms with E-state index >= 15 is 0 Å². The molecule has 0 amide bonds. The predicted octanol–water partition coefficient (Wildman–Crippen LogP) is 4.31. The highest BCUT2D eigenvalue weighted by atomic mass is 19.1. The minimum Gasteiger partial charge on any atom is -0.367 e. The first-order valence-electron chi connectivity index (χ1n) is 9.31. The number of piperidine rings is 1. The molecule has 0 saturated carbocycles. The molecule has 0 spiro atoms. The Bertz CT molecular complexity index is 307. The lowest BCUT2D eigenvalue weighted by atomic mass is 9.98. The van der Waals surface area contributed by atoms with Crippen LogP contribution in [0.1, 0.15) is 61.8 Å². The first kappa shape index (κ1) is 23.7. The molecule has 3 nitrogen and oxygen atoms in total. The van der Waals surface area contributed by atoms with Crippen molar-refractivity contribution in [1.29, 1.82) is 0 Å². The number of morpholine rings is 1. The molecule has 0 aromatic heterocycles. The summed E-state index contributed by atoms with van der Waals surface area (Å²) in [5, 5.41) is 0. The van der Waals surface area contributed by atoms with Crippen molar-refractivity contribution in [3.05, 3.63) is 0 Å². The van der Waals surface area contributed by atoms with E-state index in [0.717, 1.165) is 13.1 Å². The van der Waals surface area contributed by atoms with Crippen LogP contribution in [0.3, 0.4) is 0 Å². The summed E-state index contributed by atoms with van der Waals surface area (Å²) in [4.78, 5) is 4.17. The Labute approximate surface area is 148 Å². The van der Waals surface area contributed by atoms with Crippen LogP contribution in [0.5, 0.6) is 0 Å². The van der Waals surface area contributed by atoms with Gasteiger partial charge in [-0.05, 0) is 48.6 Å². The molecule has 2 rings (SSSR count). The van der Waals surface area contributed by atoms with Crippen LogP contribution in [0, 0.1) is 0 Å². The topological polar surface area (TPSA) is 15.7 Å². The maximum Gasteiger partial charge on any atom is 0.116 e. The smallest absolute Gasteiger partial charge is 0.116 e. The lowest BCUT2D eigenvalue weighted by Gasteiger charge is -2.48. The highest BCUT2D eigenvalue weighted by Crippen LogP contribution is 2.28. The summed E-state index contributed by atoms with van der Waals surface area (Å²) in [7, 11) is 1.73. The summed E-state index contributed by atoms with van der Waals surface area (Å²) in [5.41, 5.74) is -0.0158. The molecule has 5 heteroatoms. The number of halogens is 2. The third-order valence-corrected chi connectivity index (χ3v) is 3.98. The van der Waals surface area contributed by atoms with Crippen LogP contribution < -0.4 is 0 Å². The number of hydrogen-bond donors (Lipinski definition) is 0. The van der Waals surface area contributed by atoms with E-state index in [9.17, 15) is 8.78 Å². The molecule has 0 radical (unpaired) electrons. The van der Waals surface area contributed by atoms with E-state index in [1.165, 1.54) is 0 Å². The fraction of sp³-hybridized carbons (Fsp3) is 1.00. The van der Waals surface area contributed by atoms with Gasteiger partial charge in [0.05, 0.1) is 11.2 Å². The highest BCUT2D eigenvalue weighted by Gasteiger charge is 2.38. The Balaban J connectivity index is 0.000000420. The molecule has 2 saturated heterocycles. The average Bonchev–Trinajstić information content (AvgIpc) is 2.36. The Hall–Kier alpha value is -0.260. The van der Waals surface area contributed by atoms with Crippen LogP contribution >= 0.6 is 0 Å². The average molecular weight is 351 g/mol. The summed E-state index contributed by atoms with van der Waals surface area (Å²) >= 11 is 0. The molecule has 2 aliphatic rings. The van der Waals surface area contributed by atoms with E-state index < -0.39 is 12.3 Å². The summed E-state index contributed by atoms with van der Waals surface area (Å²) < 4.78 is 30.8. The molecule has 0 aromatic rings. The number of nitrogens with zero attached hydrogens (tertiary/aromatic N) is 2. The standard InChI is InChI=1S/C11H23NO.C6H11F2N.C2H6/c1-9(2)12-7-10(3,4)13-11(5,6)8-12;1-9-3-5(7)2-6(8)4-9;1-2/h9H,7-8H2,1-6H3;5-6H,2-4H2,1H3;1-2H3. The second kappa shape index (κ2) is 10.0. The van der Waals surface area contributed by atoms with Crippen LogP contribution in [0.4, 0.5) is 8.78 Å². The fourth-order valence-electron chi connectivity index (χ4n) is 3.39. The number of ether oxygens (including phenoxy) is 1. The van der Waals surface area contributed by atoms with Gasteiger partial charge in [-0.3, -0.25) is 4.90 Å². The number of likely N-dealkylation sites (tertiary alicyclic amines) is 1. The van der Waals surface area contributed by atoms with Crippen molar-refractivity contribution >= 4 is 0 Å². The lowest BCUT2D eigenvalue weighted by Crippen LogP contribution is -2.58. The summed E-state index contributed by atoms with van der Waals surface area (Å²) in [5.74, 6) is 0. The van der Waals surface area contributed by atoms with Gasteiger partial charge in [0.15, 0.2) is 0 Å². The SMILES string of the molecule is CC.CC(C)N1CC(C)(C)OC(C)(C)C1.CN1CC(F)CC(F)C1. The first-order chi connectivity index (χ1) is 10.9. The zero-order valence-corrected chi connectivity index (χ0v) is 17.3. The van der Waals surface area contributed by atoms with Gasteiger partial charge in [0.1, 0.15) is 12.3 Å². The van der Waals surface area contributed by atoms with E-state index in [4.69, 9.17) is 4.74 Å². The van der Waals surface area contributed by atoms with Gasteiger partial charge >= 0.3 is 0 Å². The molecule has 2 unspecified atom stereocenters.